The zero-order chi connectivity index (χ0) is 27.1. The van der Waals surface area contributed by atoms with Crippen LogP contribution in [0.1, 0.15) is 46.0 Å². The minimum absolute atomic E-state index is 0.0143. The Morgan fingerprint density at radius 2 is 1.40 bits per heavy atom. The van der Waals surface area contributed by atoms with E-state index in [0.717, 1.165) is 0 Å². The maximum atomic E-state index is 12.9. The summed E-state index contributed by atoms with van der Waals surface area (Å²) >= 11 is 0. The number of unbranched alkanes of at least 4 members (excludes halogenated alkanes) is 1. The van der Waals surface area contributed by atoms with Gasteiger partial charge in [-0.3, -0.25) is 19.4 Å². The average molecular weight is 505 g/mol. The number of carboxylic acids is 1. The minimum Gasteiger partial charge on any atom is -0.480 e. The molecule has 202 valence electrons. The number of aliphatic carboxylic acids is 1. The molecule has 0 aromatic carbocycles. The molecule has 0 fully saturated rings. The lowest BCUT2D eigenvalue weighted by atomic mass is 10.1. The Bertz CT molecular complexity index is 728. The third-order valence-electron chi connectivity index (χ3n) is 4.99. The number of carbonyl (C=O) groups excluding carboxylic acids is 3. The molecule has 0 unspecified atom stereocenters. The van der Waals surface area contributed by atoms with Crippen LogP contribution in [0.5, 0.6) is 0 Å². The van der Waals surface area contributed by atoms with Crippen LogP contribution in [0.4, 0.5) is 0 Å². The molecule has 0 saturated heterocycles. The molecule has 6 atom stereocenters. The van der Waals surface area contributed by atoms with Gasteiger partial charge < -0.3 is 54.2 Å². The van der Waals surface area contributed by atoms with Crippen molar-refractivity contribution in [3.05, 3.63) is 0 Å². The molecule has 0 aromatic rings. The number of hydrogen-bond donors (Lipinski definition) is 10. The van der Waals surface area contributed by atoms with Gasteiger partial charge in [0.1, 0.15) is 12.1 Å². The lowest BCUT2D eigenvalue weighted by Crippen LogP contribution is -2.60. The number of carbonyl (C=O) groups is 4. The molecule has 0 saturated carbocycles. The third-order valence-corrected chi connectivity index (χ3v) is 4.99. The maximum absolute atomic E-state index is 12.9. The summed E-state index contributed by atoms with van der Waals surface area (Å²) in [5.41, 5.74) is 21.8. The van der Waals surface area contributed by atoms with Crippen LogP contribution in [-0.4, -0.2) is 94.4 Å². The van der Waals surface area contributed by atoms with Gasteiger partial charge in [-0.2, -0.15) is 0 Å². The Hall–Kier alpha value is -3.01. The van der Waals surface area contributed by atoms with Crippen LogP contribution >= 0.6 is 0 Å². The third kappa shape index (κ3) is 12.9. The number of nitrogens with zero attached hydrogens (tertiary/aromatic N) is 1. The van der Waals surface area contributed by atoms with Crippen molar-refractivity contribution < 1.29 is 34.5 Å². The highest BCUT2D eigenvalue weighted by Crippen LogP contribution is 2.05. The molecule has 0 aliphatic heterocycles. The quantitative estimate of drug-likeness (QED) is 0.0514. The van der Waals surface area contributed by atoms with E-state index in [1.807, 2.05) is 0 Å². The zero-order valence-corrected chi connectivity index (χ0v) is 20.1. The van der Waals surface area contributed by atoms with Gasteiger partial charge in [0.15, 0.2) is 12.0 Å². The van der Waals surface area contributed by atoms with Crippen molar-refractivity contribution in [2.45, 2.75) is 82.3 Å². The van der Waals surface area contributed by atoms with E-state index in [-0.39, 0.29) is 25.3 Å². The van der Waals surface area contributed by atoms with Crippen LogP contribution in [-0.2, 0) is 19.2 Å². The molecular weight excluding hydrogens is 464 g/mol. The molecule has 0 aliphatic carbocycles. The first-order valence-corrected chi connectivity index (χ1v) is 11.3. The van der Waals surface area contributed by atoms with E-state index in [9.17, 15) is 34.5 Å². The summed E-state index contributed by atoms with van der Waals surface area (Å²) in [6.45, 7) is 3.01. The fourth-order valence-corrected chi connectivity index (χ4v) is 2.98. The van der Waals surface area contributed by atoms with E-state index >= 15 is 0 Å². The predicted octanol–water partition coefficient (Wildman–Crippen LogP) is -4.20. The second-order valence-electron chi connectivity index (χ2n) is 8.19. The molecule has 0 aliphatic rings. The Kier molecular flexibility index (Phi) is 15.2. The summed E-state index contributed by atoms with van der Waals surface area (Å²) in [7, 11) is 0. The van der Waals surface area contributed by atoms with Crippen LogP contribution in [0.3, 0.4) is 0 Å². The van der Waals surface area contributed by atoms with E-state index < -0.39 is 60.1 Å². The second kappa shape index (κ2) is 16.6. The summed E-state index contributed by atoms with van der Waals surface area (Å²) in [6, 6.07) is -5.29. The molecule has 0 aromatic heterocycles. The summed E-state index contributed by atoms with van der Waals surface area (Å²) in [5, 5.41) is 35.8. The van der Waals surface area contributed by atoms with Gasteiger partial charge in [0, 0.05) is 6.54 Å². The van der Waals surface area contributed by atoms with Gasteiger partial charge in [-0.1, -0.05) is 6.42 Å². The first-order chi connectivity index (χ1) is 16.3. The van der Waals surface area contributed by atoms with E-state index in [2.05, 4.69) is 20.9 Å². The lowest BCUT2D eigenvalue weighted by molar-refractivity contribution is -0.145. The summed E-state index contributed by atoms with van der Waals surface area (Å²) in [6.07, 6.45) is -0.961. The van der Waals surface area contributed by atoms with E-state index in [1.165, 1.54) is 13.8 Å². The summed E-state index contributed by atoms with van der Waals surface area (Å²) in [5.74, 6) is -4.11. The van der Waals surface area contributed by atoms with Crippen molar-refractivity contribution in [1.82, 2.24) is 16.0 Å². The first kappa shape index (κ1) is 32.0. The van der Waals surface area contributed by atoms with Gasteiger partial charge in [-0.15, -0.1) is 0 Å². The Morgan fingerprint density at radius 1 is 0.829 bits per heavy atom. The number of hydrogen-bond acceptors (Lipinski definition) is 9. The largest absolute Gasteiger partial charge is 0.480 e. The number of guanidine groups is 1. The standard InChI is InChI=1S/C20H40N8O7/c1-10(29)14(27-16(31)12(22)6-3-4-8-21)18(33)26-13(7-5-9-25-20(23)24)17(32)28-15(11(2)30)19(34)35/h10-15,29-30H,3-9,21-22H2,1-2H3,(H,26,33)(H,27,31)(H,28,32)(H,34,35)(H4,23,24,25)/t10-,11-,12+,13+,14+,15+/m1/s1. The molecule has 35 heavy (non-hydrogen) atoms. The average Bonchev–Trinajstić information content (AvgIpc) is 2.76. The molecule has 15 heteroatoms. The van der Waals surface area contributed by atoms with Crippen molar-refractivity contribution in [1.29, 1.82) is 0 Å². The van der Waals surface area contributed by atoms with Gasteiger partial charge in [-0.05, 0) is 46.1 Å². The molecule has 14 N–H and O–H groups in total. The Morgan fingerprint density at radius 3 is 1.89 bits per heavy atom. The van der Waals surface area contributed by atoms with Crippen LogP contribution in [0.25, 0.3) is 0 Å². The Balaban J connectivity index is 5.47. The SMILES string of the molecule is C[C@@H](O)[C@H](NC(=O)[C@H](CCCN=C(N)N)NC(=O)[C@@H](NC(=O)[C@@H](N)CCCCN)[C@@H](C)O)C(=O)O. The zero-order valence-electron chi connectivity index (χ0n) is 20.1. The number of nitrogens with two attached hydrogens (primary N) is 4. The molecular formula is C20H40N8O7. The van der Waals surface area contributed by atoms with Crippen molar-refractivity contribution in [2.75, 3.05) is 13.1 Å². The second-order valence-corrected chi connectivity index (χ2v) is 8.19. The topological polar surface area (TPSA) is 282 Å². The number of aliphatic imine (C=N–C) groups is 1. The van der Waals surface area contributed by atoms with E-state index in [1.54, 1.807) is 0 Å². The van der Waals surface area contributed by atoms with Crippen molar-refractivity contribution in [2.24, 2.45) is 27.9 Å². The number of rotatable bonds is 17. The van der Waals surface area contributed by atoms with Gasteiger partial charge in [0.25, 0.3) is 0 Å². The molecule has 15 nitrogen and oxygen atoms in total. The number of aliphatic hydroxyl groups excluding tert-OH is 2. The fourth-order valence-electron chi connectivity index (χ4n) is 2.98. The molecule has 0 heterocycles. The van der Waals surface area contributed by atoms with Crippen LogP contribution < -0.4 is 38.9 Å². The highest BCUT2D eigenvalue weighted by Gasteiger charge is 2.33. The smallest absolute Gasteiger partial charge is 0.328 e. The van der Waals surface area contributed by atoms with Crippen LogP contribution in [0.15, 0.2) is 4.99 Å². The summed E-state index contributed by atoms with van der Waals surface area (Å²) < 4.78 is 0. The number of aliphatic hydroxyl groups is 2. The van der Waals surface area contributed by atoms with Gasteiger partial charge in [0.2, 0.25) is 17.7 Å². The Labute approximate surface area is 204 Å². The first-order valence-electron chi connectivity index (χ1n) is 11.3. The molecule has 0 radical (unpaired) electrons. The van der Waals surface area contributed by atoms with Crippen molar-refractivity contribution in [3.8, 4) is 0 Å². The van der Waals surface area contributed by atoms with E-state index in [4.69, 9.17) is 22.9 Å². The molecule has 0 bridgehead atoms. The van der Waals surface area contributed by atoms with Crippen LogP contribution in [0, 0.1) is 0 Å². The fraction of sp³-hybridized carbons (Fsp3) is 0.750. The molecule has 3 amide bonds. The lowest BCUT2D eigenvalue weighted by Gasteiger charge is -2.27. The molecule has 0 spiro atoms. The number of nitrogens with one attached hydrogen (secondary N) is 3. The van der Waals surface area contributed by atoms with Gasteiger partial charge in [-0.25, -0.2) is 4.79 Å². The van der Waals surface area contributed by atoms with Gasteiger partial charge >= 0.3 is 5.97 Å². The monoisotopic (exact) mass is 504 g/mol. The normalized spacial score (nSPS) is 16.1. The highest BCUT2D eigenvalue weighted by molar-refractivity contribution is 5.94. The van der Waals surface area contributed by atoms with Crippen LogP contribution in [0.2, 0.25) is 0 Å². The molecule has 0 rings (SSSR count). The van der Waals surface area contributed by atoms with Gasteiger partial charge in [0.05, 0.1) is 18.2 Å². The minimum atomic E-state index is -1.63. The summed E-state index contributed by atoms with van der Waals surface area (Å²) in [4.78, 5) is 53.1. The highest BCUT2D eigenvalue weighted by atomic mass is 16.4. The van der Waals surface area contributed by atoms with Crippen molar-refractivity contribution >= 4 is 29.7 Å². The van der Waals surface area contributed by atoms with E-state index in [0.29, 0.717) is 25.8 Å². The maximum Gasteiger partial charge on any atom is 0.328 e. The number of carboxylic acid groups (broad SMARTS) is 1. The number of amides is 3. The predicted molar refractivity (Wildman–Crippen MR) is 128 cm³/mol. The van der Waals surface area contributed by atoms with Crippen molar-refractivity contribution in [3.63, 3.8) is 0 Å².